The number of amides is 1. The van der Waals surface area contributed by atoms with Crippen LogP contribution in [0.3, 0.4) is 0 Å². The Balaban J connectivity index is 2.02. The number of anilines is 1. The van der Waals surface area contributed by atoms with E-state index in [0.29, 0.717) is 17.1 Å². The van der Waals surface area contributed by atoms with Crippen LogP contribution >= 0.6 is 0 Å². The number of aromatic nitrogens is 3. The summed E-state index contributed by atoms with van der Waals surface area (Å²) < 4.78 is 1.45. The van der Waals surface area contributed by atoms with E-state index in [0.717, 1.165) is 10.8 Å². The molecule has 0 aliphatic carbocycles. The van der Waals surface area contributed by atoms with Gasteiger partial charge < -0.3 is 5.32 Å². The molecule has 0 fully saturated rings. The van der Waals surface area contributed by atoms with Gasteiger partial charge in [0.2, 0.25) is 0 Å². The fraction of sp³-hybridized carbons (Fsp3) is 0.0667. The molecular formula is C15H11N5O. The van der Waals surface area contributed by atoms with Crippen LogP contribution in [0, 0.1) is 11.3 Å². The monoisotopic (exact) mass is 277 g/mol. The molecule has 1 aromatic carbocycles. The van der Waals surface area contributed by atoms with E-state index in [2.05, 4.69) is 15.4 Å². The summed E-state index contributed by atoms with van der Waals surface area (Å²) in [6, 6.07) is 11.3. The molecule has 6 heteroatoms. The van der Waals surface area contributed by atoms with Crippen molar-refractivity contribution in [1.82, 2.24) is 14.8 Å². The van der Waals surface area contributed by atoms with Crippen molar-refractivity contribution in [1.29, 1.82) is 5.26 Å². The number of hydrogen-bond donors (Lipinski definition) is 1. The summed E-state index contributed by atoms with van der Waals surface area (Å²) in [5, 5.41) is 17.4. The van der Waals surface area contributed by atoms with E-state index in [-0.39, 0.29) is 5.91 Å². The lowest BCUT2D eigenvalue weighted by atomic mass is 10.1. The maximum Gasteiger partial charge on any atom is 0.276 e. The van der Waals surface area contributed by atoms with Gasteiger partial charge in [0.05, 0.1) is 6.20 Å². The lowest BCUT2D eigenvalue weighted by molar-refractivity contribution is 0.102. The number of hydrogen-bond acceptors (Lipinski definition) is 4. The molecule has 1 amide bonds. The number of benzene rings is 1. The summed E-state index contributed by atoms with van der Waals surface area (Å²) in [5.74, 6) is -0.0101. The molecule has 1 N–H and O–H groups in total. The van der Waals surface area contributed by atoms with Gasteiger partial charge in [-0.3, -0.25) is 14.5 Å². The lowest BCUT2D eigenvalue weighted by Gasteiger charge is -2.07. The minimum absolute atomic E-state index is 0.311. The minimum Gasteiger partial charge on any atom is -0.304 e. The average molecular weight is 277 g/mol. The van der Waals surface area contributed by atoms with Crippen LogP contribution in [0.1, 0.15) is 16.1 Å². The lowest BCUT2D eigenvalue weighted by Crippen LogP contribution is -2.17. The normalized spacial score (nSPS) is 10.3. The van der Waals surface area contributed by atoms with Crippen molar-refractivity contribution in [2.45, 2.75) is 0 Å². The summed E-state index contributed by atoms with van der Waals surface area (Å²) in [4.78, 5) is 16.6. The van der Waals surface area contributed by atoms with Crippen LogP contribution in [0.25, 0.3) is 10.8 Å². The zero-order valence-corrected chi connectivity index (χ0v) is 11.2. The predicted octanol–water partition coefficient (Wildman–Crippen LogP) is 2.09. The van der Waals surface area contributed by atoms with Gasteiger partial charge in [-0.15, -0.1) is 0 Å². The number of aryl methyl sites for hydroxylation is 1. The molecule has 0 unspecified atom stereocenters. The summed E-state index contributed by atoms with van der Waals surface area (Å²) in [7, 11) is 1.66. The van der Waals surface area contributed by atoms with Crippen LogP contribution in [0.5, 0.6) is 0 Å². The predicted molar refractivity (Wildman–Crippen MR) is 77.6 cm³/mol. The highest BCUT2D eigenvalue weighted by Crippen LogP contribution is 2.19. The van der Waals surface area contributed by atoms with Gasteiger partial charge in [-0.2, -0.15) is 10.4 Å². The fourth-order valence-corrected chi connectivity index (χ4v) is 2.13. The highest BCUT2D eigenvalue weighted by Gasteiger charge is 2.16. The standard InChI is InChI=1S/C15H11N5O/c1-20-14(11(8-16)9-18-20)19-15(21)13-12-5-3-2-4-10(12)6-7-17-13/h2-7,9H,1H3,(H,19,21). The molecule has 2 heterocycles. The van der Waals surface area contributed by atoms with Crippen LogP contribution < -0.4 is 5.32 Å². The number of nitrogens with one attached hydrogen (secondary N) is 1. The van der Waals surface area contributed by atoms with Gasteiger partial charge in [-0.1, -0.05) is 24.3 Å². The Morgan fingerprint density at radius 1 is 1.33 bits per heavy atom. The molecular weight excluding hydrogens is 266 g/mol. The second-order valence-corrected chi connectivity index (χ2v) is 4.48. The van der Waals surface area contributed by atoms with Crippen molar-refractivity contribution in [3.8, 4) is 6.07 Å². The van der Waals surface area contributed by atoms with E-state index in [9.17, 15) is 4.79 Å². The summed E-state index contributed by atoms with van der Waals surface area (Å²) in [6.45, 7) is 0. The van der Waals surface area contributed by atoms with Crippen molar-refractivity contribution in [3.63, 3.8) is 0 Å². The van der Waals surface area contributed by atoms with Crippen molar-refractivity contribution < 1.29 is 4.79 Å². The van der Waals surface area contributed by atoms with Gasteiger partial charge in [0.25, 0.3) is 5.91 Å². The third kappa shape index (κ3) is 2.21. The van der Waals surface area contributed by atoms with Crippen LogP contribution in [0.2, 0.25) is 0 Å². The largest absolute Gasteiger partial charge is 0.304 e. The second-order valence-electron chi connectivity index (χ2n) is 4.48. The number of rotatable bonds is 2. The van der Waals surface area contributed by atoms with Gasteiger partial charge in [0.1, 0.15) is 23.1 Å². The molecule has 0 saturated carbocycles. The smallest absolute Gasteiger partial charge is 0.276 e. The molecule has 0 aliphatic heterocycles. The van der Waals surface area contributed by atoms with Crippen molar-refractivity contribution in [3.05, 3.63) is 54.0 Å². The fourth-order valence-electron chi connectivity index (χ4n) is 2.13. The van der Waals surface area contributed by atoms with Crippen LogP contribution in [-0.4, -0.2) is 20.7 Å². The van der Waals surface area contributed by atoms with Gasteiger partial charge in [0, 0.05) is 18.6 Å². The SMILES string of the molecule is Cn1ncc(C#N)c1NC(=O)c1nccc2ccccc12. The zero-order chi connectivity index (χ0) is 14.8. The van der Waals surface area contributed by atoms with Gasteiger partial charge in [-0.25, -0.2) is 0 Å². The molecule has 0 aliphatic rings. The minimum atomic E-state index is -0.369. The first-order chi connectivity index (χ1) is 10.2. The molecule has 0 spiro atoms. The molecule has 21 heavy (non-hydrogen) atoms. The maximum atomic E-state index is 12.4. The number of carbonyl (C=O) groups excluding carboxylic acids is 1. The van der Waals surface area contributed by atoms with Crippen molar-refractivity contribution in [2.24, 2.45) is 7.05 Å². The highest BCUT2D eigenvalue weighted by atomic mass is 16.2. The summed E-state index contributed by atoms with van der Waals surface area (Å²) >= 11 is 0. The molecule has 3 rings (SSSR count). The zero-order valence-electron chi connectivity index (χ0n) is 11.2. The molecule has 0 radical (unpaired) electrons. The third-order valence-corrected chi connectivity index (χ3v) is 3.18. The Bertz CT molecular complexity index is 870. The van der Waals surface area contributed by atoms with Gasteiger partial charge >= 0.3 is 0 Å². The van der Waals surface area contributed by atoms with Gasteiger partial charge in [-0.05, 0) is 11.5 Å². The van der Waals surface area contributed by atoms with E-state index >= 15 is 0 Å². The Kier molecular flexibility index (Phi) is 3.09. The number of fused-ring (bicyclic) bond motifs is 1. The van der Waals surface area contributed by atoms with E-state index in [1.807, 2.05) is 36.4 Å². The second kappa shape index (κ2) is 5.06. The van der Waals surface area contributed by atoms with E-state index in [1.54, 1.807) is 13.2 Å². The quantitative estimate of drug-likeness (QED) is 0.777. The summed E-state index contributed by atoms with van der Waals surface area (Å²) in [6.07, 6.45) is 3.00. The number of nitriles is 1. The van der Waals surface area contributed by atoms with E-state index in [1.165, 1.54) is 10.9 Å². The molecule has 2 aromatic heterocycles. The Morgan fingerprint density at radius 3 is 2.95 bits per heavy atom. The molecule has 0 bridgehead atoms. The van der Waals surface area contributed by atoms with E-state index in [4.69, 9.17) is 5.26 Å². The van der Waals surface area contributed by atoms with Crippen LogP contribution in [0.15, 0.2) is 42.7 Å². The van der Waals surface area contributed by atoms with Crippen molar-refractivity contribution >= 4 is 22.5 Å². The first-order valence-electron chi connectivity index (χ1n) is 6.28. The molecule has 3 aromatic rings. The van der Waals surface area contributed by atoms with Crippen LogP contribution in [0.4, 0.5) is 5.82 Å². The van der Waals surface area contributed by atoms with Crippen molar-refractivity contribution in [2.75, 3.05) is 5.32 Å². The van der Waals surface area contributed by atoms with E-state index < -0.39 is 0 Å². The Hall–Kier alpha value is -3.20. The first-order valence-corrected chi connectivity index (χ1v) is 6.28. The first kappa shape index (κ1) is 12.8. The highest BCUT2D eigenvalue weighted by molar-refractivity contribution is 6.11. The van der Waals surface area contributed by atoms with Gasteiger partial charge in [0.15, 0.2) is 0 Å². The number of pyridine rings is 1. The number of nitrogens with zero attached hydrogens (tertiary/aromatic N) is 4. The number of carbonyl (C=O) groups is 1. The molecule has 102 valence electrons. The molecule has 0 atom stereocenters. The average Bonchev–Trinajstić information content (AvgIpc) is 2.87. The third-order valence-electron chi connectivity index (χ3n) is 3.18. The molecule has 0 saturated heterocycles. The van der Waals surface area contributed by atoms with Crippen LogP contribution in [-0.2, 0) is 7.05 Å². The Labute approximate surface area is 120 Å². The Morgan fingerprint density at radius 2 is 2.14 bits per heavy atom. The molecule has 6 nitrogen and oxygen atoms in total. The summed E-state index contributed by atoms with van der Waals surface area (Å²) in [5.41, 5.74) is 0.629. The topological polar surface area (TPSA) is 83.6 Å². The maximum absolute atomic E-state index is 12.4.